The minimum absolute atomic E-state index is 0.317. The molecule has 21 heavy (non-hydrogen) atoms. The number of nitrogens with zero attached hydrogens (tertiary/aromatic N) is 2. The Kier molecular flexibility index (Phi) is 4.02. The summed E-state index contributed by atoms with van der Waals surface area (Å²) < 4.78 is 8.05. The van der Waals surface area contributed by atoms with Gasteiger partial charge >= 0.3 is 5.69 Å². The van der Waals surface area contributed by atoms with E-state index in [1.54, 1.807) is 20.4 Å². The highest BCUT2D eigenvalue weighted by molar-refractivity contribution is 5.72. The Balaban J connectivity index is 2.86. The van der Waals surface area contributed by atoms with E-state index in [0.717, 1.165) is 27.7 Å². The van der Waals surface area contributed by atoms with Crippen molar-refractivity contribution >= 4 is 0 Å². The zero-order valence-corrected chi connectivity index (χ0v) is 13.1. The zero-order chi connectivity index (χ0) is 15.7. The van der Waals surface area contributed by atoms with Gasteiger partial charge in [0.05, 0.1) is 12.7 Å². The minimum atomic E-state index is -0.342. The van der Waals surface area contributed by atoms with Crippen LogP contribution in [0.2, 0.25) is 0 Å². The minimum Gasteiger partial charge on any atom is -0.496 e. The second-order valence-electron chi connectivity index (χ2n) is 5.10. The van der Waals surface area contributed by atoms with Gasteiger partial charge in [0, 0.05) is 25.9 Å². The van der Waals surface area contributed by atoms with Gasteiger partial charge in [0.1, 0.15) is 5.75 Å². The molecule has 0 saturated carbocycles. The molecule has 0 unspecified atom stereocenters. The summed E-state index contributed by atoms with van der Waals surface area (Å²) in [6, 6.07) is 3.84. The van der Waals surface area contributed by atoms with Gasteiger partial charge in [0.25, 0.3) is 5.56 Å². The number of rotatable bonds is 3. The van der Waals surface area contributed by atoms with E-state index in [2.05, 4.69) is 0 Å². The molecule has 0 spiro atoms. The van der Waals surface area contributed by atoms with Gasteiger partial charge in [-0.25, -0.2) is 4.79 Å². The molecule has 0 aliphatic rings. The van der Waals surface area contributed by atoms with E-state index in [-0.39, 0.29) is 11.2 Å². The van der Waals surface area contributed by atoms with Crippen molar-refractivity contribution in [3.8, 4) is 16.9 Å². The Morgan fingerprint density at radius 3 is 2.38 bits per heavy atom. The summed E-state index contributed by atoms with van der Waals surface area (Å²) in [5.74, 6) is 0.702. The maximum Gasteiger partial charge on any atom is 0.330 e. The summed E-state index contributed by atoms with van der Waals surface area (Å²) in [4.78, 5) is 24.2. The predicted octanol–water partition coefficient (Wildman–Crippen LogP) is 1.63. The summed E-state index contributed by atoms with van der Waals surface area (Å²) in [5, 5.41) is 0. The van der Waals surface area contributed by atoms with Gasteiger partial charge in [0.2, 0.25) is 0 Å². The van der Waals surface area contributed by atoms with Crippen LogP contribution in [0.25, 0.3) is 11.1 Å². The topological polar surface area (TPSA) is 53.2 Å². The molecule has 0 atom stereocenters. The first kappa shape index (κ1) is 15.1. The Morgan fingerprint density at radius 1 is 1.14 bits per heavy atom. The highest BCUT2D eigenvalue weighted by Crippen LogP contribution is 2.33. The molecule has 0 radical (unpaired) electrons. The van der Waals surface area contributed by atoms with Gasteiger partial charge < -0.3 is 9.30 Å². The van der Waals surface area contributed by atoms with Crippen molar-refractivity contribution in [2.24, 2.45) is 14.1 Å². The average Bonchev–Trinajstić information content (AvgIpc) is 2.48. The summed E-state index contributed by atoms with van der Waals surface area (Å²) in [6.45, 7) is 4.07. The van der Waals surface area contributed by atoms with E-state index < -0.39 is 0 Å². The fraction of sp³-hybridized carbons (Fsp3) is 0.375. The third kappa shape index (κ3) is 2.39. The molecular formula is C16H20N2O3. The number of ether oxygens (including phenoxy) is 1. The van der Waals surface area contributed by atoms with Crippen LogP contribution in [0.1, 0.15) is 18.1 Å². The maximum absolute atomic E-state index is 12.4. The molecule has 0 bridgehead atoms. The number of hydrogen-bond donors (Lipinski definition) is 0. The molecular weight excluding hydrogens is 268 g/mol. The van der Waals surface area contributed by atoms with E-state index in [4.69, 9.17) is 4.74 Å². The van der Waals surface area contributed by atoms with Crippen LogP contribution in [0.5, 0.6) is 5.75 Å². The SMILES string of the molecule is CCc1c(C)ccc(-c2cn(C)c(=O)n(C)c2=O)c1OC. The molecule has 2 rings (SSSR count). The molecule has 112 valence electrons. The fourth-order valence-corrected chi connectivity index (χ4v) is 2.60. The van der Waals surface area contributed by atoms with Crippen molar-refractivity contribution in [3.05, 3.63) is 50.3 Å². The summed E-state index contributed by atoms with van der Waals surface area (Å²) in [7, 11) is 4.71. The molecule has 5 nitrogen and oxygen atoms in total. The van der Waals surface area contributed by atoms with Crippen LogP contribution >= 0.6 is 0 Å². The molecule has 0 N–H and O–H groups in total. The summed E-state index contributed by atoms with van der Waals surface area (Å²) in [5.41, 5.74) is 2.72. The van der Waals surface area contributed by atoms with Crippen LogP contribution in [0.3, 0.4) is 0 Å². The first-order chi connectivity index (χ1) is 9.92. The molecule has 0 fully saturated rings. The van der Waals surface area contributed by atoms with Gasteiger partial charge in [-0.15, -0.1) is 0 Å². The van der Waals surface area contributed by atoms with Gasteiger partial charge in [-0.05, 0) is 24.5 Å². The Hall–Kier alpha value is -2.30. The first-order valence-electron chi connectivity index (χ1n) is 6.85. The molecule has 0 saturated heterocycles. The number of hydrogen-bond acceptors (Lipinski definition) is 3. The molecule has 1 heterocycles. The van der Waals surface area contributed by atoms with Crippen LogP contribution in [-0.2, 0) is 20.5 Å². The average molecular weight is 288 g/mol. The van der Waals surface area contributed by atoms with Crippen molar-refractivity contribution in [2.75, 3.05) is 7.11 Å². The van der Waals surface area contributed by atoms with Gasteiger partial charge in [0.15, 0.2) is 0 Å². The second-order valence-corrected chi connectivity index (χ2v) is 5.10. The smallest absolute Gasteiger partial charge is 0.330 e. The first-order valence-corrected chi connectivity index (χ1v) is 6.85. The normalized spacial score (nSPS) is 10.7. The monoisotopic (exact) mass is 288 g/mol. The Morgan fingerprint density at radius 2 is 1.81 bits per heavy atom. The highest BCUT2D eigenvalue weighted by Gasteiger charge is 2.16. The Labute approximate surface area is 123 Å². The number of aromatic nitrogens is 2. The van der Waals surface area contributed by atoms with Gasteiger partial charge in [-0.2, -0.15) is 0 Å². The summed E-state index contributed by atoms with van der Waals surface area (Å²) in [6.07, 6.45) is 2.38. The van der Waals surface area contributed by atoms with Crippen molar-refractivity contribution in [2.45, 2.75) is 20.3 Å². The van der Waals surface area contributed by atoms with Crippen LogP contribution in [-0.4, -0.2) is 16.2 Å². The fourth-order valence-electron chi connectivity index (χ4n) is 2.60. The van der Waals surface area contributed by atoms with Crippen molar-refractivity contribution in [1.29, 1.82) is 0 Å². The van der Waals surface area contributed by atoms with Crippen LogP contribution in [0.15, 0.2) is 27.9 Å². The third-order valence-electron chi connectivity index (χ3n) is 3.79. The largest absolute Gasteiger partial charge is 0.496 e. The highest BCUT2D eigenvalue weighted by atomic mass is 16.5. The standard InChI is InChI=1S/C16H20N2O3/c1-6-11-10(2)7-8-12(14(11)21-5)13-9-17(3)16(20)18(4)15(13)19/h7-9H,6H2,1-5H3. The van der Waals surface area contributed by atoms with Gasteiger partial charge in [-0.3, -0.25) is 9.36 Å². The van der Waals surface area contributed by atoms with E-state index in [0.29, 0.717) is 11.3 Å². The van der Waals surface area contributed by atoms with Crippen molar-refractivity contribution in [1.82, 2.24) is 9.13 Å². The van der Waals surface area contributed by atoms with Crippen LogP contribution in [0, 0.1) is 6.92 Å². The Bertz CT molecular complexity index is 800. The molecule has 5 heteroatoms. The van der Waals surface area contributed by atoms with E-state index in [1.165, 1.54) is 11.6 Å². The lowest BCUT2D eigenvalue weighted by atomic mass is 9.98. The van der Waals surface area contributed by atoms with Crippen LogP contribution in [0.4, 0.5) is 0 Å². The lowest BCUT2D eigenvalue weighted by molar-refractivity contribution is 0.411. The lowest BCUT2D eigenvalue weighted by Crippen LogP contribution is -2.37. The van der Waals surface area contributed by atoms with Crippen molar-refractivity contribution < 1.29 is 4.74 Å². The molecule has 0 aliphatic heterocycles. The van der Waals surface area contributed by atoms with Gasteiger partial charge in [-0.1, -0.05) is 19.1 Å². The molecule has 1 aromatic carbocycles. The quantitative estimate of drug-likeness (QED) is 0.862. The molecule has 2 aromatic rings. The molecule has 1 aromatic heterocycles. The third-order valence-corrected chi connectivity index (χ3v) is 3.79. The predicted molar refractivity (Wildman–Crippen MR) is 83.0 cm³/mol. The lowest BCUT2D eigenvalue weighted by Gasteiger charge is -2.16. The van der Waals surface area contributed by atoms with Crippen molar-refractivity contribution in [3.63, 3.8) is 0 Å². The van der Waals surface area contributed by atoms with Crippen LogP contribution < -0.4 is 16.0 Å². The second kappa shape index (κ2) is 5.60. The van der Waals surface area contributed by atoms with E-state index >= 15 is 0 Å². The molecule has 0 aliphatic carbocycles. The number of methoxy groups -OCH3 is 1. The zero-order valence-electron chi connectivity index (χ0n) is 13.1. The number of benzene rings is 1. The summed E-state index contributed by atoms with van der Waals surface area (Å²) >= 11 is 0. The van der Waals surface area contributed by atoms with E-state index in [1.807, 2.05) is 26.0 Å². The molecule has 0 amide bonds. The maximum atomic E-state index is 12.4. The van der Waals surface area contributed by atoms with E-state index in [9.17, 15) is 9.59 Å². The number of aryl methyl sites for hydroxylation is 2.